The number of piperidine rings is 1. The Labute approximate surface area is 125 Å². The van der Waals surface area contributed by atoms with Crippen LogP contribution in [0, 0.1) is 5.92 Å². The van der Waals surface area contributed by atoms with Crippen LogP contribution in [-0.4, -0.2) is 60.3 Å². The second kappa shape index (κ2) is 7.15. The monoisotopic (exact) mass is 314 g/mol. The summed E-state index contributed by atoms with van der Waals surface area (Å²) in [6.45, 7) is 1.66. The van der Waals surface area contributed by atoms with Gasteiger partial charge in [-0.15, -0.1) is 0 Å². The molecule has 1 aromatic heterocycles. The average molecular weight is 314 g/mol. The molecule has 0 spiro atoms. The van der Waals surface area contributed by atoms with E-state index in [1.54, 1.807) is 4.31 Å². The largest absolute Gasteiger partial charge is 0.395 e. The smallest absolute Gasteiger partial charge is 0.211 e. The molecule has 1 aliphatic heterocycles. The van der Waals surface area contributed by atoms with Crippen molar-refractivity contribution in [1.29, 1.82) is 0 Å². The van der Waals surface area contributed by atoms with Crippen molar-refractivity contribution in [1.82, 2.24) is 14.3 Å². The summed E-state index contributed by atoms with van der Waals surface area (Å²) in [7, 11) is -3.11. The molecule has 0 aliphatic carbocycles. The summed E-state index contributed by atoms with van der Waals surface area (Å²) in [6.07, 6.45) is 5.39. The molecule has 1 saturated heterocycles. The van der Waals surface area contributed by atoms with E-state index < -0.39 is 10.0 Å². The van der Waals surface area contributed by atoms with E-state index in [0.29, 0.717) is 25.5 Å². The van der Waals surface area contributed by atoms with E-state index in [1.165, 1.54) is 12.6 Å². The molecule has 0 radical (unpaired) electrons. The summed E-state index contributed by atoms with van der Waals surface area (Å²) in [5.41, 5.74) is 0.894. The lowest BCUT2D eigenvalue weighted by Gasteiger charge is -2.30. The van der Waals surface area contributed by atoms with Crippen LogP contribution >= 0.6 is 0 Å². The molecule has 0 amide bonds. The summed E-state index contributed by atoms with van der Waals surface area (Å²) in [6, 6.07) is 1.86. The van der Waals surface area contributed by atoms with Crippen molar-refractivity contribution in [3.8, 4) is 0 Å². The summed E-state index contributed by atoms with van der Waals surface area (Å²) in [5, 5.41) is 11.8. The van der Waals surface area contributed by atoms with Crippen molar-refractivity contribution in [2.24, 2.45) is 5.92 Å². The molecule has 21 heavy (non-hydrogen) atoms. The number of aliphatic hydroxyl groups excluding tert-OH is 1. The Hall–Kier alpha value is -1.25. The summed E-state index contributed by atoms with van der Waals surface area (Å²) >= 11 is 0. The molecule has 1 atom stereocenters. The van der Waals surface area contributed by atoms with Crippen molar-refractivity contribution >= 4 is 15.8 Å². The molecule has 2 rings (SSSR count). The second-order valence-electron chi connectivity index (χ2n) is 5.38. The van der Waals surface area contributed by atoms with Crippen molar-refractivity contribution < 1.29 is 13.5 Å². The van der Waals surface area contributed by atoms with Gasteiger partial charge in [0.15, 0.2) is 0 Å². The van der Waals surface area contributed by atoms with Gasteiger partial charge in [-0.1, -0.05) is 0 Å². The topological polar surface area (TPSA) is 95.4 Å². The Morgan fingerprint density at radius 2 is 2.29 bits per heavy atom. The van der Waals surface area contributed by atoms with Gasteiger partial charge in [-0.3, -0.25) is 0 Å². The lowest BCUT2D eigenvalue weighted by molar-refractivity contribution is 0.265. The van der Waals surface area contributed by atoms with Gasteiger partial charge < -0.3 is 10.4 Å². The first-order chi connectivity index (χ1) is 9.99. The number of rotatable bonds is 6. The molecular formula is C13H22N4O3S. The molecule has 2 heterocycles. The third kappa shape index (κ3) is 4.90. The number of nitrogens with zero attached hydrogens (tertiary/aromatic N) is 3. The lowest BCUT2D eigenvalue weighted by Crippen LogP contribution is -2.39. The summed E-state index contributed by atoms with van der Waals surface area (Å²) in [4.78, 5) is 8.33. The number of anilines is 1. The molecule has 1 aliphatic rings. The molecule has 2 N–H and O–H groups in total. The zero-order chi connectivity index (χ0) is 15.3. The van der Waals surface area contributed by atoms with E-state index in [2.05, 4.69) is 15.3 Å². The fourth-order valence-corrected chi connectivity index (χ4v) is 3.52. The SMILES string of the molecule is CS(=O)(=O)N1CCCC(Cc2cc(NCCO)ncn2)C1. The lowest BCUT2D eigenvalue weighted by atomic mass is 9.94. The van der Waals surface area contributed by atoms with E-state index >= 15 is 0 Å². The first-order valence-electron chi connectivity index (χ1n) is 7.10. The Kier molecular flexibility index (Phi) is 5.49. The van der Waals surface area contributed by atoms with E-state index in [4.69, 9.17) is 5.11 Å². The zero-order valence-electron chi connectivity index (χ0n) is 12.2. The van der Waals surface area contributed by atoms with Crippen LogP contribution in [0.2, 0.25) is 0 Å². The number of hydrogen-bond acceptors (Lipinski definition) is 6. The molecule has 7 nitrogen and oxygen atoms in total. The predicted octanol–water partition coefficient (Wildman–Crippen LogP) is 0.0949. The minimum Gasteiger partial charge on any atom is -0.395 e. The highest BCUT2D eigenvalue weighted by Gasteiger charge is 2.26. The van der Waals surface area contributed by atoms with Crippen LogP contribution < -0.4 is 5.32 Å². The van der Waals surface area contributed by atoms with Crippen molar-refractivity contribution in [3.05, 3.63) is 18.1 Å². The molecule has 0 saturated carbocycles. The van der Waals surface area contributed by atoms with Gasteiger partial charge in [-0.2, -0.15) is 0 Å². The van der Waals surface area contributed by atoms with Crippen LogP contribution in [0.4, 0.5) is 5.82 Å². The normalized spacial score (nSPS) is 20.4. The van der Waals surface area contributed by atoms with Gasteiger partial charge >= 0.3 is 0 Å². The highest BCUT2D eigenvalue weighted by Crippen LogP contribution is 2.22. The maximum absolute atomic E-state index is 11.6. The highest BCUT2D eigenvalue weighted by atomic mass is 32.2. The molecule has 8 heteroatoms. The number of nitrogens with one attached hydrogen (secondary N) is 1. The Morgan fingerprint density at radius 1 is 1.48 bits per heavy atom. The van der Waals surface area contributed by atoms with Gasteiger partial charge in [0.25, 0.3) is 0 Å². The van der Waals surface area contributed by atoms with Gasteiger partial charge in [0.2, 0.25) is 10.0 Å². The molecular weight excluding hydrogens is 292 g/mol. The number of sulfonamides is 1. The zero-order valence-corrected chi connectivity index (χ0v) is 13.0. The van der Waals surface area contributed by atoms with E-state index in [9.17, 15) is 8.42 Å². The molecule has 0 bridgehead atoms. The average Bonchev–Trinajstić information content (AvgIpc) is 2.45. The number of aliphatic hydroxyl groups is 1. The third-order valence-electron chi connectivity index (χ3n) is 3.59. The van der Waals surface area contributed by atoms with Crippen molar-refractivity contribution in [2.45, 2.75) is 19.3 Å². The molecule has 118 valence electrons. The summed E-state index contributed by atoms with van der Waals surface area (Å²) in [5.74, 6) is 0.971. The van der Waals surface area contributed by atoms with E-state index in [-0.39, 0.29) is 12.5 Å². The number of aromatic nitrogens is 2. The van der Waals surface area contributed by atoms with Crippen LogP contribution in [0.15, 0.2) is 12.4 Å². The van der Waals surface area contributed by atoms with Gasteiger partial charge in [0, 0.05) is 31.4 Å². The quantitative estimate of drug-likeness (QED) is 0.773. The van der Waals surface area contributed by atoms with Gasteiger partial charge in [0.05, 0.1) is 12.9 Å². The Morgan fingerprint density at radius 3 is 3.00 bits per heavy atom. The van der Waals surface area contributed by atoms with E-state index in [0.717, 1.165) is 25.0 Å². The van der Waals surface area contributed by atoms with Crippen LogP contribution in [0.5, 0.6) is 0 Å². The first-order valence-corrected chi connectivity index (χ1v) is 8.94. The molecule has 1 unspecified atom stereocenters. The maximum atomic E-state index is 11.6. The van der Waals surface area contributed by atoms with Gasteiger partial charge in [-0.25, -0.2) is 22.7 Å². The molecule has 0 aromatic carbocycles. The Balaban J connectivity index is 1.97. The first kappa shape index (κ1) is 16.1. The standard InChI is InChI=1S/C13H22N4O3S/c1-21(19,20)17-5-2-3-11(9-17)7-12-8-13(14-4-6-18)16-10-15-12/h8,10-11,18H,2-7,9H2,1H3,(H,14,15,16). The maximum Gasteiger partial charge on any atom is 0.211 e. The minimum atomic E-state index is -3.11. The third-order valence-corrected chi connectivity index (χ3v) is 4.86. The van der Waals surface area contributed by atoms with Gasteiger partial charge in [-0.05, 0) is 25.2 Å². The van der Waals surface area contributed by atoms with Crippen molar-refractivity contribution in [2.75, 3.05) is 37.8 Å². The predicted molar refractivity (Wildman–Crippen MR) is 80.5 cm³/mol. The van der Waals surface area contributed by atoms with E-state index in [1.807, 2.05) is 6.07 Å². The number of hydrogen-bond donors (Lipinski definition) is 2. The fraction of sp³-hybridized carbons (Fsp3) is 0.692. The summed E-state index contributed by atoms with van der Waals surface area (Å²) < 4.78 is 24.8. The van der Waals surface area contributed by atoms with Crippen LogP contribution in [0.1, 0.15) is 18.5 Å². The van der Waals surface area contributed by atoms with Gasteiger partial charge in [0.1, 0.15) is 12.1 Å². The fourth-order valence-electron chi connectivity index (χ4n) is 2.58. The molecule has 1 fully saturated rings. The highest BCUT2D eigenvalue weighted by molar-refractivity contribution is 7.88. The van der Waals surface area contributed by atoms with Crippen LogP contribution in [-0.2, 0) is 16.4 Å². The molecule has 1 aromatic rings. The van der Waals surface area contributed by atoms with Crippen LogP contribution in [0.3, 0.4) is 0 Å². The van der Waals surface area contributed by atoms with Crippen LogP contribution in [0.25, 0.3) is 0 Å². The minimum absolute atomic E-state index is 0.0469. The second-order valence-corrected chi connectivity index (χ2v) is 7.36. The Bertz CT molecular complexity index is 564. The van der Waals surface area contributed by atoms with Crippen molar-refractivity contribution in [3.63, 3.8) is 0 Å².